The van der Waals surface area contributed by atoms with E-state index in [1.54, 1.807) is 29.2 Å². The van der Waals surface area contributed by atoms with E-state index >= 15 is 0 Å². The Kier molecular flexibility index (Phi) is 6.40. The van der Waals surface area contributed by atoms with Crippen LogP contribution in [0.15, 0.2) is 48.5 Å². The molecule has 1 fully saturated rings. The SMILES string of the molecule is O=C(NC(Cc1cccc(F)c1)c1cccc(F)c1)N1CCCC1CCO. The number of carbonyl (C=O) groups is 1. The maximum Gasteiger partial charge on any atom is 0.318 e. The van der Waals surface area contributed by atoms with E-state index in [2.05, 4.69) is 5.32 Å². The second-order valence-electron chi connectivity index (χ2n) is 6.89. The molecule has 0 aliphatic carbocycles. The maximum atomic E-state index is 13.7. The Morgan fingerprint density at radius 1 is 1.19 bits per heavy atom. The molecule has 4 nitrogen and oxygen atoms in total. The van der Waals surface area contributed by atoms with E-state index in [0.29, 0.717) is 24.9 Å². The van der Waals surface area contributed by atoms with Gasteiger partial charge in [0, 0.05) is 19.2 Å². The predicted molar refractivity (Wildman–Crippen MR) is 99.2 cm³/mol. The first-order valence-corrected chi connectivity index (χ1v) is 9.24. The van der Waals surface area contributed by atoms with E-state index < -0.39 is 6.04 Å². The van der Waals surface area contributed by atoms with Crippen molar-refractivity contribution in [3.8, 4) is 0 Å². The summed E-state index contributed by atoms with van der Waals surface area (Å²) in [5, 5.41) is 12.2. The van der Waals surface area contributed by atoms with Crippen LogP contribution in [-0.4, -0.2) is 35.2 Å². The van der Waals surface area contributed by atoms with Crippen molar-refractivity contribution in [2.24, 2.45) is 0 Å². The number of rotatable bonds is 6. The minimum atomic E-state index is -0.481. The molecular weight excluding hydrogens is 350 g/mol. The summed E-state index contributed by atoms with van der Waals surface area (Å²) in [5.74, 6) is -0.732. The topological polar surface area (TPSA) is 52.6 Å². The molecule has 2 unspecified atom stereocenters. The Hall–Kier alpha value is -2.47. The quantitative estimate of drug-likeness (QED) is 0.808. The molecule has 3 rings (SSSR count). The van der Waals surface area contributed by atoms with Crippen molar-refractivity contribution in [1.82, 2.24) is 10.2 Å². The summed E-state index contributed by atoms with van der Waals surface area (Å²) in [5.41, 5.74) is 1.35. The zero-order valence-corrected chi connectivity index (χ0v) is 15.1. The number of amides is 2. The zero-order valence-electron chi connectivity index (χ0n) is 15.1. The summed E-state index contributed by atoms with van der Waals surface area (Å²) in [6.45, 7) is 0.664. The van der Waals surface area contributed by atoms with Crippen LogP contribution < -0.4 is 5.32 Å². The van der Waals surface area contributed by atoms with Crippen LogP contribution in [0, 0.1) is 11.6 Å². The first-order valence-electron chi connectivity index (χ1n) is 9.24. The van der Waals surface area contributed by atoms with Crippen LogP contribution >= 0.6 is 0 Å². The van der Waals surface area contributed by atoms with Crippen LogP contribution in [0.3, 0.4) is 0 Å². The van der Waals surface area contributed by atoms with Crippen molar-refractivity contribution in [1.29, 1.82) is 0 Å². The molecule has 1 aliphatic heterocycles. The maximum absolute atomic E-state index is 13.7. The molecule has 0 saturated carbocycles. The Morgan fingerprint density at radius 2 is 1.93 bits per heavy atom. The van der Waals surface area contributed by atoms with Crippen molar-refractivity contribution in [2.75, 3.05) is 13.2 Å². The number of hydrogen-bond acceptors (Lipinski definition) is 2. The lowest BCUT2D eigenvalue weighted by atomic mass is 9.98. The first kappa shape index (κ1) is 19.3. The van der Waals surface area contributed by atoms with E-state index in [9.17, 15) is 18.7 Å². The highest BCUT2D eigenvalue weighted by molar-refractivity contribution is 5.75. The number of likely N-dealkylation sites (tertiary alicyclic amines) is 1. The molecule has 0 spiro atoms. The van der Waals surface area contributed by atoms with Crippen molar-refractivity contribution < 1.29 is 18.7 Å². The van der Waals surface area contributed by atoms with Crippen LogP contribution in [0.2, 0.25) is 0 Å². The number of nitrogens with one attached hydrogen (secondary N) is 1. The highest BCUT2D eigenvalue weighted by Crippen LogP contribution is 2.24. The van der Waals surface area contributed by atoms with Gasteiger partial charge in [0.1, 0.15) is 11.6 Å². The standard InChI is InChI=1S/C21H24F2N2O2/c22-17-6-1-4-15(12-17)13-20(16-5-2-7-18(23)14-16)24-21(27)25-10-3-8-19(25)9-11-26/h1-2,4-7,12,14,19-20,26H,3,8-11,13H2,(H,24,27). The van der Waals surface area contributed by atoms with Gasteiger partial charge in [-0.15, -0.1) is 0 Å². The van der Waals surface area contributed by atoms with Gasteiger partial charge < -0.3 is 15.3 Å². The van der Waals surface area contributed by atoms with Crippen molar-refractivity contribution in [3.05, 3.63) is 71.3 Å². The fraction of sp³-hybridized carbons (Fsp3) is 0.381. The molecule has 2 aromatic rings. The van der Waals surface area contributed by atoms with Gasteiger partial charge in [-0.2, -0.15) is 0 Å². The van der Waals surface area contributed by atoms with Crippen LogP contribution in [0.4, 0.5) is 13.6 Å². The van der Waals surface area contributed by atoms with Gasteiger partial charge in [-0.3, -0.25) is 0 Å². The Balaban J connectivity index is 1.80. The zero-order chi connectivity index (χ0) is 19.2. The number of benzene rings is 2. The predicted octanol–water partition coefficient (Wildman–Crippen LogP) is 3.81. The minimum Gasteiger partial charge on any atom is -0.396 e. The monoisotopic (exact) mass is 374 g/mol. The van der Waals surface area contributed by atoms with E-state index in [0.717, 1.165) is 18.4 Å². The van der Waals surface area contributed by atoms with Gasteiger partial charge >= 0.3 is 6.03 Å². The third-order valence-corrected chi connectivity index (χ3v) is 4.98. The second kappa shape index (κ2) is 8.95. The van der Waals surface area contributed by atoms with E-state index in [1.807, 2.05) is 0 Å². The molecule has 1 aliphatic rings. The van der Waals surface area contributed by atoms with Crippen LogP contribution in [-0.2, 0) is 6.42 Å². The molecule has 2 amide bonds. The minimum absolute atomic E-state index is 0.0114. The lowest BCUT2D eigenvalue weighted by molar-refractivity contribution is 0.174. The Labute approximate surface area is 157 Å². The summed E-state index contributed by atoms with van der Waals surface area (Å²) in [7, 11) is 0. The molecule has 0 radical (unpaired) electrons. The number of urea groups is 1. The Morgan fingerprint density at radius 3 is 2.63 bits per heavy atom. The smallest absolute Gasteiger partial charge is 0.318 e. The molecule has 2 aromatic carbocycles. The van der Waals surface area contributed by atoms with Gasteiger partial charge in [0.05, 0.1) is 6.04 Å². The van der Waals surface area contributed by atoms with Gasteiger partial charge in [-0.05, 0) is 61.1 Å². The fourth-order valence-corrected chi connectivity index (χ4v) is 3.66. The molecule has 1 saturated heterocycles. The molecule has 2 atom stereocenters. The summed E-state index contributed by atoms with van der Waals surface area (Å²) < 4.78 is 27.3. The van der Waals surface area contributed by atoms with Gasteiger partial charge in [0.2, 0.25) is 0 Å². The number of aliphatic hydroxyl groups excluding tert-OH is 1. The molecule has 144 valence electrons. The normalized spacial score (nSPS) is 17.7. The number of hydrogen-bond donors (Lipinski definition) is 2. The third kappa shape index (κ3) is 5.04. The van der Waals surface area contributed by atoms with Crippen molar-refractivity contribution in [3.63, 3.8) is 0 Å². The lowest BCUT2D eigenvalue weighted by Gasteiger charge is -2.28. The Bertz CT molecular complexity index is 784. The fourth-order valence-electron chi connectivity index (χ4n) is 3.66. The molecule has 6 heteroatoms. The molecule has 27 heavy (non-hydrogen) atoms. The summed E-state index contributed by atoms with van der Waals surface area (Å²) in [4.78, 5) is 14.6. The van der Waals surface area contributed by atoms with E-state index in [1.165, 1.54) is 24.3 Å². The number of carbonyl (C=O) groups excluding carboxylic acids is 1. The van der Waals surface area contributed by atoms with Crippen LogP contribution in [0.25, 0.3) is 0 Å². The van der Waals surface area contributed by atoms with Crippen molar-refractivity contribution in [2.45, 2.75) is 37.8 Å². The second-order valence-corrected chi connectivity index (χ2v) is 6.89. The highest BCUT2D eigenvalue weighted by Gasteiger charge is 2.29. The lowest BCUT2D eigenvalue weighted by Crippen LogP contribution is -2.44. The summed E-state index contributed by atoms with van der Waals surface area (Å²) in [6, 6.07) is 11.6. The molecule has 0 aromatic heterocycles. The molecule has 0 bridgehead atoms. The molecule has 2 N–H and O–H groups in total. The molecule has 1 heterocycles. The largest absolute Gasteiger partial charge is 0.396 e. The molecular formula is C21H24F2N2O2. The number of nitrogens with zero attached hydrogens (tertiary/aromatic N) is 1. The van der Waals surface area contributed by atoms with Gasteiger partial charge in [-0.1, -0.05) is 24.3 Å². The average molecular weight is 374 g/mol. The van der Waals surface area contributed by atoms with E-state index in [-0.39, 0.29) is 30.3 Å². The van der Waals surface area contributed by atoms with Gasteiger partial charge in [-0.25, -0.2) is 13.6 Å². The van der Waals surface area contributed by atoms with Crippen molar-refractivity contribution >= 4 is 6.03 Å². The van der Waals surface area contributed by atoms with Crippen LogP contribution in [0.1, 0.15) is 36.4 Å². The third-order valence-electron chi connectivity index (χ3n) is 4.98. The van der Waals surface area contributed by atoms with E-state index in [4.69, 9.17) is 0 Å². The van der Waals surface area contributed by atoms with Gasteiger partial charge in [0.25, 0.3) is 0 Å². The van der Waals surface area contributed by atoms with Gasteiger partial charge in [0.15, 0.2) is 0 Å². The first-order chi connectivity index (χ1) is 13.1. The summed E-state index contributed by atoms with van der Waals surface area (Å²) >= 11 is 0. The number of aliphatic hydroxyl groups is 1. The number of halogens is 2. The average Bonchev–Trinajstić information content (AvgIpc) is 3.10. The highest BCUT2D eigenvalue weighted by atomic mass is 19.1. The summed E-state index contributed by atoms with van der Waals surface area (Å²) in [6.07, 6.45) is 2.66. The van der Waals surface area contributed by atoms with Crippen LogP contribution in [0.5, 0.6) is 0 Å².